The van der Waals surface area contributed by atoms with E-state index in [2.05, 4.69) is 42.5 Å². The summed E-state index contributed by atoms with van der Waals surface area (Å²) in [6.45, 7) is 4.33. The number of allylic oxidation sites excluding steroid dienone is 1. The van der Waals surface area contributed by atoms with Crippen LogP contribution in [0.2, 0.25) is 0 Å². The maximum Gasteiger partial charge on any atom is 0.239 e. The molecule has 1 unspecified atom stereocenters. The van der Waals surface area contributed by atoms with Crippen molar-refractivity contribution in [2.24, 2.45) is 0 Å². The van der Waals surface area contributed by atoms with Crippen molar-refractivity contribution in [3.63, 3.8) is 0 Å². The average molecular weight is 342 g/mol. The second-order valence-corrected chi connectivity index (χ2v) is 6.45. The van der Waals surface area contributed by atoms with Crippen molar-refractivity contribution in [3.8, 4) is 11.5 Å². The molecule has 0 spiro atoms. The van der Waals surface area contributed by atoms with Crippen LogP contribution in [0.3, 0.4) is 0 Å². The SMILES string of the molecule is COCC1(c2nc(-c3cnc(N4CCNCC4)cn3)no2)C=CCC1. The summed E-state index contributed by atoms with van der Waals surface area (Å²) >= 11 is 0. The quantitative estimate of drug-likeness (QED) is 0.810. The fourth-order valence-electron chi connectivity index (χ4n) is 3.37. The van der Waals surface area contributed by atoms with E-state index in [0.717, 1.165) is 44.8 Å². The summed E-state index contributed by atoms with van der Waals surface area (Å²) < 4.78 is 10.9. The predicted octanol–water partition coefficient (Wildman–Crippen LogP) is 1.17. The lowest BCUT2D eigenvalue weighted by molar-refractivity contribution is 0.131. The Bertz CT molecular complexity index is 738. The van der Waals surface area contributed by atoms with E-state index in [1.54, 1.807) is 19.5 Å². The number of nitrogens with zero attached hydrogens (tertiary/aromatic N) is 5. The zero-order valence-electron chi connectivity index (χ0n) is 14.3. The molecule has 0 amide bonds. The molecule has 0 bridgehead atoms. The third-order valence-corrected chi connectivity index (χ3v) is 4.76. The first-order valence-corrected chi connectivity index (χ1v) is 8.60. The van der Waals surface area contributed by atoms with Crippen molar-refractivity contribution in [2.45, 2.75) is 18.3 Å². The molecule has 1 N–H and O–H groups in total. The van der Waals surface area contributed by atoms with Gasteiger partial charge < -0.3 is 19.5 Å². The summed E-state index contributed by atoms with van der Waals surface area (Å²) in [6, 6.07) is 0. The van der Waals surface area contributed by atoms with Gasteiger partial charge >= 0.3 is 0 Å². The van der Waals surface area contributed by atoms with Gasteiger partial charge in [0.2, 0.25) is 11.7 Å². The first-order valence-electron chi connectivity index (χ1n) is 8.60. The molecule has 132 valence electrons. The van der Waals surface area contributed by atoms with Gasteiger partial charge in [-0.05, 0) is 12.8 Å². The maximum absolute atomic E-state index is 5.53. The van der Waals surface area contributed by atoms with Gasteiger partial charge in [0.25, 0.3) is 0 Å². The Morgan fingerprint density at radius 3 is 2.84 bits per heavy atom. The summed E-state index contributed by atoms with van der Waals surface area (Å²) in [6.07, 6.45) is 9.62. The molecule has 2 aromatic heterocycles. The lowest BCUT2D eigenvalue weighted by Gasteiger charge is -2.27. The van der Waals surface area contributed by atoms with E-state index in [9.17, 15) is 0 Å². The maximum atomic E-state index is 5.53. The van der Waals surface area contributed by atoms with E-state index in [4.69, 9.17) is 9.26 Å². The third-order valence-electron chi connectivity index (χ3n) is 4.76. The Hall–Kier alpha value is -2.32. The van der Waals surface area contributed by atoms with E-state index in [1.807, 2.05) is 0 Å². The van der Waals surface area contributed by atoms with Crippen LogP contribution in [0.5, 0.6) is 0 Å². The molecule has 2 aromatic rings. The molecular weight excluding hydrogens is 320 g/mol. The van der Waals surface area contributed by atoms with Crippen molar-refractivity contribution < 1.29 is 9.26 Å². The van der Waals surface area contributed by atoms with Gasteiger partial charge in [0.15, 0.2) is 0 Å². The Kier molecular flexibility index (Phi) is 4.46. The zero-order chi connectivity index (χ0) is 17.1. The number of nitrogens with one attached hydrogen (secondary N) is 1. The lowest BCUT2D eigenvalue weighted by atomic mass is 9.88. The van der Waals surface area contributed by atoms with E-state index >= 15 is 0 Å². The van der Waals surface area contributed by atoms with E-state index in [1.165, 1.54) is 0 Å². The number of anilines is 1. The molecule has 0 saturated carbocycles. The van der Waals surface area contributed by atoms with Gasteiger partial charge in [0.1, 0.15) is 11.5 Å². The molecule has 1 atom stereocenters. The summed E-state index contributed by atoms with van der Waals surface area (Å²) in [5.41, 5.74) is 0.289. The lowest BCUT2D eigenvalue weighted by Crippen LogP contribution is -2.43. The highest BCUT2D eigenvalue weighted by Gasteiger charge is 2.38. The second-order valence-electron chi connectivity index (χ2n) is 6.45. The Morgan fingerprint density at radius 1 is 1.28 bits per heavy atom. The van der Waals surface area contributed by atoms with Crippen LogP contribution in [0.25, 0.3) is 11.5 Å². The molecule has 25 heavy (non-hydrogen) atoms. The summed E-state index contributed by atoms with van der Waals surface area (Å²) in [7, 11) is 1.69. The largest absolute Gasteiger partial charge is 0.383 e. The summed E-state index contributed by atoms with van der Waals surface area (Å²) in [5.74, 6) is 1.92. The van der Waals surface area contributed by atoms with Crippen LogP contribution in [-0.4, -0.2) is 60.0 Å². The summed E-state index contributed by atoms with van der Waals surface area (Å²) in [5, 5.41) is 7.43. The van der Waals surface area contributed by atoms with Crippen LogP contribution in [0.1, 0.15) is 18.7 Å². The first kappa shape index (κ1) is 16.2. The van der Waals surface area contributed by atoms with Gasteiger partial charge in [-0.3, -0.25) is 0 Å². The average Bonchev–Trinajstić information content (AvgIpc) is 3.33. The minimum atomic E-state index is -0.325. The molecule has 8 heteroatoms. The van der Waals surface area contributed by atoms with Gasteiger partial charge in [-0.15, -0.1) is 0 Å². The van der Waals surface area contributed by atoms with Crippen molar-refractivity contribution in [1.29, 1.82) is 0 Å². The van der Waals surface area contributed by atoms with Gasteiger partial charge in [0.05, 0.1) is 24.4 Å². The molecule has 3 heterocycles. The number of methoxy groups -OCH3 is 1. The van der Waals surface area contributed by atoms with E-state index < -0.39 is 0 Å². The summed E-state index contributed by atoms with van der Waals surface area (Å²) in [4.78, 5) is 15.8. The molecule has 8 nitrogen and oxygen atoms in total. The highest BCUT2D eigenvalue weighted by molar-refractivity contribution is 5.49. The van der Waals surface area contributed by atoms with Crippen LogP contribution >= 0.6 is 0 Å². The van der Waals surface area contributed by atoms with Gasteiger partial charge in [-0.25, -0.2) is 9.97 Å². The van der Waals surface area contributed by atoms with Crippen molar-refractivity contribution in [3.05, 3.63) is 30.4 Å². The van der Waals surface area contributed by atoms with Crippen LogP contribution in [0.15, 0.2) is 29.1 Å². The van der Waals surface area contributed by atoms with Crippen LogP contribution < -0.4 is 10.2 Å². The molecule has 0 aromatic carbocycles. The van der Waals surface area contributed by atoms with Gasteiger partial charge in [-0.2, -0.15) is 4.98 Å². The topological polar surface area (TPSA) is 89.2 Å². The third kappa shape index (κ3) is 3.14. The monoisotopic (exact) mass is 342 g/mol. The standard InChI is InChI=1S/C17H22N6O2/c1-24-12-17(4-2-3-5-17)16-21-15(22-25-16)13-10-20-14(11-19-13)23-8-6-18-7-9-23/h2,4,10-11,18H,3,5-9,12H2,1H3. The molecule has 2 aliphatic rings. The number of aromatic nitrogens is 4. The molecule has 4 rings (SSSR count). The molecule has 0 radical (unpaired) electrons. The first-order chi connectivity index (χ1) is 12.3. The number of ether oxygens (including phenoxy) is 1. The van der Waals surface area contributed by atoms with Crippen molar-refractivity contribution >= 4 is 5.82 Å². The van der Waals surface area contributed by atoms with Crippen molar-refractivity contribution in [2.75, 3.05) is 44.8 Å². The fraction of sp³-hybridized carbons (Fsp3) is 0.529. The predicted molar refractivity (Wildman–Crippen MR) is 92.3 cm³/mol. The molecule has 1 aliphatic carbocycles. The van der Waals surface area contributed by atoms with Gasteiger partial charge in [-0.1, -0.05) is 17.3 Å². The highest BCUT2D eigenvalue weighted by atomic mass is 16.5. The Labute approximate surface area is 146 Å². The minimum Gasteiger partial charge on any atom is -0.383 e. The second kappa shape index (κ2) is 6.89. The Morgan fingerprint density at radius 2 is 2.16 bits per heavy atom. The smallest absolute Gasteiger partial charge is 0.239 e. The molecule has 1 fully saturated rings. The van der Waals surface area contributed by atoms with Crippen LogP contribution in [0, 0.1) is 0 Å². The molecular formula is C17H22N6O2. The van der Waals surface area contributed by atoms with Crippen LogP contribution in [0.4, 0.5) is 5.82 Å². The zero-order valence-corrected chi connectivity index (χ0v) is 14.3. The number of piperazine rings is 1. The fourth-order valence-corrected chi connectivity index (χ4v) is 3.37. The van der Waals surface area contributed by atoms with Gasteiger partial charge in [0, 0.05) is 33.3 Å². The normalized spacial score (nSPS) is 23.3. The van der Waals surface area contributed by atoms with Crippen molar-refractivity contribution in [1.82, 2.24) is 25.4 Å². The number of rotatable bonds is 5. The van der Waals surface area contributed by atoms with E-state index in [0.29, 0.717) is 24.0 Å². The van der Waals surface area contributed by atoms with E-state index in [-0.39, 0.29) is 5.41 Å². The minimum absolute atomic E-state index is 0.325. The highest BCUT2D eigenvalue weighted by Crippen LogP contribution is 2.36. The molecule has 1 aliphatic heterocycles. The van der Waals surface area contributed by atoms with Crippen LogP contribution in [-0.2, 0) is 10.2 Å². The molecule has 1 saturated heterocycles. The number of hydrogen-bond acceptors (Lipinski definition) is 8. The number of hydrogen-bond donors (Lipinski definition) is 1. The Balaban J connectivity index is 1.54.